The third-order valence-corrected chi connectivity index (χ3v) is 4.25. The van der Waals surface area contributed by atoms with Crippen molar-refractivity contribution in [2.45, 2.75) is 103 Å². The van der Waals surface area contributed by atoms with E-state index in [0.29, 0.717) is 0 Å². The Bertz CT molecular complexity index is 139. The Morgan fingerprint density at radius 1 is 0.611 bits per heavy atom. The first-order chi connectivity index (χ1) is 8.31. The molecule has 0 radical (unpaired) electrons. The van der Waals surface area contributed by atoms with Crippen molar-refractivity contribution in [3.8, 4) is 0 Å². The minimum Gasteiger partial charge on any atom is -0.134 e. The fourth-order valence-corrected chi connectivity index (χ4v) is 2.98. The zero-order chi connectivity index (χ0) is 12.8. The molecule has 0 nitrogen and oxygen atoms in total. The molecular weight excluding hydrogens is 303 g/mol. The Morgan fingerprint density at radius 2 is 1.06 bits per heavy atom. The molecule has 2 atom stereocenters. The number of hydrogen-bond donors (Lipinski definition) is 0. The SMILES string of the molecule is Br.CCCCCCCCCCCCC(P)CCC. The van der Waals surface area contributed by atoms with Gasteiger partial charge < -0.3 is 0 Å². The van der Waals surface area contributed by atoms with Gasteiger partial charge in [-0.3, -0.25) is 0 Å². The van der Waals surface area contributed by atoms with Crippen LogP contribution in [0.4, 0.5) is 0 Å². The Hall–Kier alpha value is 0.910. The topological polar surface area (TPSA) is 0 Å². The van der Waals surface area contributed by atoms with Crippen molar-refractivity contribution in [3.05, 3.63) is 0 Å². The second kappa shape index (κ2) is 17.9. The quantitative estimate of drug-likeness (QED) is 0.252. The Kier molecular flexibility index (Phi) is 21.1. The first-order valence-corrected chi connectivity index (χ1v) is 8.73. The minimum absolute atomic E-state index is 0. The summed E-state index contributed by atoms with van der Waals surface area (Å²) in [5, 5.41) is 0. The van der Waals surface area contributed by atoms with Crippen LogP contribution in [-0.4, -0.2) is 5.66 Å². The predicted octanol–water partition coefficient (Wildman–Crippen LogP) is 6.92. The van der Waals surface area contributed by atoms with Gasteiger partial charge >= 0.3 is 0 Å². The van der Waals surface area contributed by atoms with Crippen molar-refractivity contribution in [2.24, 2.45) is 0 Å². The standard InChI is InChI=1S/C16H35P.BrH/c1-3-5-6-7-8-9-10-11-12-13-15-16(17)14-4-2;/h16H,3-15,17H2,1-2H3;1H. The van der Waals surface area contributed by atoms with E-state index in [1.807, 2.05) is 0 Å². The van der Waals surface area contributed by atoms with Gasteiger partial charge in [0.1, 0.15) is 0 Å². The maximum atomic E-state index is 3.01. The highest BCUT2D eigenvalue weighted by atomic mass is 79.9. The van der Waals surface area contributed by atoms with E-state index in [0.717, 1.165) is 5.66 Å². The van der Waals surface area contributed by atoms with Gasteiger partial charge in [-0.2, -0.15) is 0 Å². The van der Waals surface area contributed by atoms with Crippen LogP contribution in [0.3, 0.4) is 0 Å². The van der Waals surface area contributed by atoms with Gasteiger partial charge in [0, 0.05) is 0 Å². The lowest BCUT2D eigenvalue weighted by Gasteiger charge is -2.09. The average Bonchev–Trinajstić information content (AvgIpc) is 2.32. The van der Waals surface area contributed by atoms with Crippen LogP contribution in [0.25, 0.3) is 0 Å². The van der Waals surface area contributed by atoms with Gasteiger partial charge in [-0.15, -0.1) is 26.2 Å². The minimum atomic E-state index is 0. The highest BCUT2D eigenvalue weighted by Crippen LogP contribution is 2.17. The average molecular weight is 339 g/mol. The molecule has 0 aliphatic heterocycles. The van der Waals surface area contributed by atoms with Gasteiger partial charge in [0.05, 0.1) is 0 Å². The maximum Gasteiger partial charge on any atom is -0.0264 e. The van der Waals surface area contributed by atoms with Gasteiger partial charge in [0.25, 0.3) is 0 Å². The molecule has 0 amide bonds. The molecule has 0 rings (SSSR count). The number of rotatable bonds is 13. The largest absolute Gasteiger partial charge is 0.134 e. The van der Waals surface area contributed by atoms with Crippen molar-refractivity contribution in [1.29, 1.82) is 0 Å². The van der Waals surface area contributed by atoms with Crippen LogP contribution in [0.1, 0.15) is 97.3 Å². The molecule has 0 saturated heterocycles. The fourth-order valence-electron chi connectivity index (χ4n) is 2.41. The fraction of sp³-hybridized carbons (Fsp3) is 1.00. The summed E-state index contributed by atoms with van der Waals surface area (Å²) in [5.74, 6) is 0. The zero-order valence-electron chi connectivity index (χ0n) is 12.8. The molecule has 0 saturated carbocycles. The van der Waals surface area contributed by atoms with E-state index in [9.17, 15) is 0 Å². The van der Waals surface area contributed by atoms with Gasteiger partial charge in [-0.05, 0) is 18.5 Å². The van der Waals surface area contributed by atoms with E-state index in [4.69, 9.17) is 0 Å². The van der Waals surface area contributed by atoms with Crippen LogP contribution in [0, 0.1) is 0 Å². The van der Waals surface area contributed by atoms with Crippen LogP contribution in [0.5, 0.6) is 0 Å². The van der Waals surface area contributed by atoms with Crippen LogP contribution in [0.2, 0.25) is 0 Å². The molecule has 0 N–H and O–H groups in total. The van der Waals surface area contributed by atoms with Crippen molar-refractivity contribution < 1.29 is 0 Å². The van der Waals surface area contributed by atoms with Gasteiger partial charge in [-0.25, -0.2) is 0 Å². The van der Waals surface area contributed by atoms with Crippen molar-refractivity contribution in [3.63, 3.8) is 0 Å². The smallest absolute Gasteiger partial charge is 0.0264 e. The number of hydrogen-bond acceptors (Lipinski definition) is 0. The predicted molar refractivity (Wildman–Crippen MR) is 95.2 cm³/mol. The Labute approximate surface area is 129 Å². The van der Waals surface area contributed by atoms with E-state index >= 15 is 0 Å². The molecule has 112 valence electrons. The zero-order valence-corrected chi connectivity index (χ0v) is 15.6. The molecule has 2 unspecified atom stereocenters. The monoisotopic (exact) mass is 338 g/mol. The second-order valence-electron chi connectivity index (χ2n) is 5.52. The van der Waals surface area contributed by atoms with E-state index in [1.165, 1.54) is 83.5 Å². The van der Waals surface area contributed by atoms with Gasteiger partial charge in [0.15, 0.2) is 0 Å². The Morgan fingerprint density at radius 3 is 1.50 bits per heavy atom. The second-order valence-corrected chi connectivity index (χ2v) is 6.46. The summed E-state index contributed by atoms with van der Waals surface area (Å²) in [6, 6.07) is 0. The summed E-state index contributed by atoms with van der Waals surface area (Å²) in [4.78, 5) is 0. The summed E-state index contributed by atoms with van der Waals surface area (Å²) in [6.07, 6.45) is 18.7. The molecule has 2 heteroatoms. The summed E-state index contributed by atoms with van der Waals surface area (Å²) in [7, 11) is 3.01. The first-order valence-electron chi connectivity index (χ1n) is 8.06. The molecule has 0 aromatic carbocycles. The molecule has 0 aromatic heterocycles. The van der Waals surface area contributed by atoms with Crippen molar-refractivity contribution >= 4 is 26.2 Å². The summed E-state index contributed by atoms with van der Waals surface area (Å²) in [6.45, 7) is 4.58. The molecule has 0 aliphatic carbocycles. The van der Waals surface area contributed by atoms with Crippen LogP contribution in [0.15, 0.2) is 0 Å². The molecule has 18 heavy (non-hydrogen) atoms. The lowest BCUT2D eigenvalue weighted by Crippen LogP contribution is -1.96. The molecule has 0 bridgehead atoms. The summed E-state index contributed by atoms with van der Waals surface area (Å²) < 4.78 is 0. The van der Waals surface area contributed by atoms with Crippen molar-refractivity contribution in [1.82, 2.24) is 0 Å². The van der Waals surface area contributed by atoms with Gasteiger partial charge in [-0.1, -0.05) is 84.5 Å². The van der Waals surface area contributed by atoms with Crippen LogP contribution >= 0.6 is 26.2 Å². The van der Waals surface area contributed by atoms with Crippen LogP contribution in [-0.2, 0) is 0 Å². The van der Waals surface area contributed by atoms with Crippen molar-refractivity contribution in [2.75, 3.05) is 0 Å². The molecule has 0 aromatic rings. The number of halogens is 1. The summed E-state index contributed by atoms with van der Waals surface area (Å²) >= 11 is 0. The number of unbranched alkanes of at least 4 members (excludes halogenated alkanes) is 9. The van der Waals surface area contributed by atoms with E-state index in [-0.39, 0.29) is 17.0 Å². The highest BCUT2D eigenvalue weighted by molar-refractivity contribution is 8.93. The summed E-state index contributed by atoms with van der Waals surface area (Å²) in [5.41, 5.74) is 0.883. The van der Waals surface area contributed by atoms with E-state index in [1.54, 1.807) is 0 Å². The molecule has 0 spiro atoms. The van der Waals surface area contributed by atoms with E-state index in [2.05, 4.69) is 23.1 Å². The first kappa shape index (κ1) is 21.2. The lowest BCUT2D eigenvalue weighted by atomic mass is 10.0. The third-order valence-electron chi connectivity index (χ3n) is 3.59. The highest BCUT2D eigenvalue weighted by Gasteiger charge is 2.00. The molecule has 0 fully saturated rings. The Balaban J connectivity index is 0. The van der Waals surface area contributed by atoms with Crippen LogP contribution < -0.4 is 0 Å². The molecule has 0 heterocycles. The maximum absolute atomic E-state index is 3.01. The third kappa shape index (κ3) is 16.9. The molecular formula is C16H36BrP. The normalized spacial score (nSPS) is 12.2. The van der Waals surface area contributed by atoms with E-state index < -0.39 is 0 Å². The lowest BCUT2D eigenvalue weighted by molar-refractivity contribution is 0.541. The van der Waals surface area contributed by atoms with Gasteiger partial charge in [0.2, 0.25) is 0 Å². The molecule has 0 aliphatic rings.